The van der Waals surface area contributed by atoms with Crippen molar-refractivity contribution >= 4 is 0 Å². The first-order chi connectivity index (χ1) is 10.2. The maximum atomic E-state index is 3.58. The average molecular weight is 287 g/mol. The Balaban J connectivity index is 1.46. The van der Waals surface area contributed by atoms with Crippen molar-refractivity contribution in [1.82, 2.24) is 15.1 Å². The standard InChI is InChI=1S/C18H29N3/c1-15-13-20(2)11-12-21(15)14-17-5-3-16(4-6-17)9-10-19-18-7-8-18/h3-6,15,18-19H,7-14H2,1-2H3. The second-order valence-corrected chi connectivity index (χ2v) is 6.88. The number of nitrogens with one attached hydrogen (secondary N) is 1. The lowest BCUT2D eigenvalue weighted by Crippen LogP contribution is -2.49. The van der Waals surface area contributed by atoms with Crippen LogP contribution in [0.2, 0.25) is 0 Å². The molecule has 1 heterocycles. The number of hydrogen-bond acceptors (Lipinski definition) is 3. The van der Waals surface area contributed by atoms with Crippen LogP contribution in [0.5, 0.6) is 0 Å². The molecular weight excluding hydrogens is 258 g/mol. The number of likely N-dealkylation sites (N-methyl/N-ethyl adjacent to an activating group) is 1. The molecule has 2 fully saturated rings. The van der Waals surface area contributed by atoms with Gasteiger partial charge in [-0.2, -0.15) is 0 Å². The Hall–Kier alpha value is -0.900. The highest BCUT2D eigenvalue weighted by Gasteiger charge is 2.21. The van der Waals surface area contributed by atoms with Crippen molar-refractivity contribution in [2.45, 2.75) is 44.8 Å². The molecule has 1 aliphatic carbocycles. The van der Waals surface area contributed by atoms with Crippen molar-refractivity contribution in [3.8, 4) is 0 Å². The van der Waals surface area contributed by atoms with Crippen molar-refractivity contribution in [3.05, 3.63) is 35.4 Å². The van der Waals surface area contributed by atoms with Crippen molar-refractivity contribution in [2.24, 2.45) is 0 Å². The molecule has 2 aliphatic rings. The smallest absolute Gasteiger partial charge is 0.0237 e. The number of benzene rings is 1. The minimum absolute atomic E-state index is 0.658. The lowest BCUT2D eigenvalue weighted by Gasteiger charge is -2.38. The van der Waals surface area contributed by atoms with E-state index in [0.29, 0.717) is 6.04 Å². The Morgan fingerprint density at radius 1 is 1.10 bits per heavy atom. The summed E-state index contributed by atoms with van der Waals surface area (Å²) in [6.07, 6.45) is 3.91. The molecule has 1 aliphatic heterocycles. The summed E-state index contributed by atoms with van der Waals surface area (Å²) >= 11 is 0. The van der Waals surface area contributed by atoms with E-state index in [0.717, 1.165) is 25.6 Å². The van der Waals surface area contributed by atoms with E-state index in [4.69, 9.17) is 0 Å². The van der Waals surface area contributed by atoms with Gasteiger partial charge in [-0.1, -0.05) is 24.3 Å². The van der Waals surface area contributed by atoms with Crippen molar-refractivity contribution in [3.63, 3.8) is 0 Å². The van der Waals surface area contributed by atoms with E-state index in [1.54, 1.807) is 0 Å². The molecule has 0 bridgehead atoms. The fraction of sp³-hybridized carbons (Fsp3) is 0.667. The first-order valence-corrected chi connectivity index (χ1v) is 8.44. The number of rotatable bonds is 6. The second-order valence-electron chi connectivity index (χ2n) is 6.88. The van der Waals surface area contributed by atoms with Gasteiger partial charge in [0.2, 0.25) is 0 Å². The van der Waals surface area contributed by atoms with Crippen LogP contribution in [0.4, 0.5) is 0 Å². The van der Waals surface area contributed by atoms with Crippen molar-refractivity contribution in [1.29, 1.82) is 0 Å². The maximum absolute atomic E-state index is 3.58. The van der Waals surface area contributed by atoms with Crippen LogP contribution < -0.4 is 5.32 Å². The fourth-order valence-electron chi connectivity index (χ4n) is 3.17. The monoisotopic (exact) mass is 287 g/mol. The summed E-state index contributed by atoms with van der Waals surface area (Å²) in [5.74, 6) is 0. The summed E-state index contributed by atoms with van der Waals surface area (Å²) in [6.45, 7) is 8.12. The van der Waals surface area contributed by atoms with Crippen LogP contribution in [-0.2, 0) is 13.0 Å². The van der Waals surface area contributed by atoms with E-state index < -0.39 is 0 Å². The van der Waals surface area contributed by atoms with Gasteiger partial charge in [0, 0.05) is 38.3 Å². The van der Waals surface area contributed by atoms with Gasteiger partial charge >= 0.3 is 0 Å². The van der Waals surface area contributed by atoms with Gasteiger partial charge in [-0.05, 0) is 50.9 Å². The van der Waals surface area contributed by atoms with Gasteiger partial charge in [0.25, 0.3) is 0 Å². The zero-order valence-electron chi connectivity index (χ0n) is 13.5. The molecule has 3 rings (SSSR count). The van der Waals surface area contributed by atoms with E-state index in [-0.39, 0.29) is 0 Å². The Labute approximate surface area is 129 Å². The molecule has 1 saturated carbocycles. The summed E-state index contributed by atoms with van der Waals surface area (Å²) in [5.41, 5.74) is 2.91. The topological polar surface area (TPSA) is 18.5 Å². The van der Waals surface area contributed by atoms with Crippen molar-refractivity contribution < 1.29 is 0 Å². The highest BCUT2D eigenvalue weighted by molar-refractivity contribution is 5.23. The van der Waals surface area contributed by atoms with E-state index in [1.165, 1.54) is 43.6 Å². The molecule has 1 saturated heterocycles. The van der Waals surface area contributed by atoms with Gasteiger partial charge in [0.1, 0.15) is 0 Å². The van der Waals surface area contributed by atoms with Gasteiger partial charge < -0.3 is 10.2 Å². The van der Waals surface area contributed by atoms with E-state index in [2.05, 4.69) is 53.4 Å². The predicted octanol–water partition coefficient (Wildman–Crippen LogP) is 2.12. The van der Waals surface area contributed by atoms with Crippen LogP contribution in [0.3, 0.4) is 0 Å². The highest BCUT2D eigenvalue weighted by atomic mass is 15.3. The third kappa shape index (κ3) is 4.53. The molecule has 0 aromatic heterocycles. The maximum Gasteiger partial charge on any atom is 0.0237 e. The minimum atomic E-state index is 0.658. The quantitative estimate of drug-likeness (QED) is 0.864. The summed E-state index contributed by atoms with van der Waals surface area (Å²) < 4.78 is 0. The average Bonchev–Trinajstić information content (AvgIpc) is 3.28. The van der Waals surface area contributed by atoms with Crippen LogP contribution in [-0.4, -0.2) is 55.1 Å². The predicted molar refractivity (Wildman–Crippen MR) is 88.5 cm³/mol. The Kier molecular flexibility index (Phi) is 4.94. The Morgan fingerprint density at radius 2 is 1.81 bits per heavy atom. The molecular formula is C18H29N3. The van der Waals surface area contributed by atoms with Gasteiger partial charge in [-0.25, -0.2) is 0 Å². The van der Waals surface area contributed by atoms with Gasteiger partial charge in [-0.3, -0.25) is 4.90 Å². The van der Waals surface area contributed by atoms with Crippen LogP contribution in [0.15, 0.2) is 24.3 Å². The minimum Gasteiger partial charge on any atom is -0.314 e. The van der Waals surface area contributed by atoms with Crippen LogP contribution in [0.25, 0.3) is 0 Å². The molecule has 1 N–H and O–H groups in total. The summed E-state index contributed by atoms with van der Waals surface area (Å²) in [6, 6.07) is 10.7. The van der Waals surface area contributed by atoms with Crippen LogP contribution in [0.1, 0.15) is 30.9 Å². The van der Waals surface area contributed by atoms with Gasteiger partial charge in [-0.15, -0.1) is 0 Å². The number of hydrogen-bond donors (Lipinski definition) is 1. The Morgan fingerprint density at radius 3 is 2.48 bits per heavy atom. The lowest BCUT2D eigenvalue weighted by molar-refractivity contribution is 0.0938. The number of piperazine rings is 1. The molecule has 116 valence electrons. The SMILES string of the molecule is CC1CN(C)CCN1Cc1ccc(CCNC2CC2)cc1. The number of nitrogens with zero attached hydrogens (tertiary/aromatic N) is 2. The highest BCUT2D eigenvalue weighted by Crippen LogP contribution is 2.18. The second kappa shape index (κ2) is 6.91. The van der Waals surface area contributed by atoms with E-state index >= 15 is 0 Å². The third-order valence-corrected chi connectivity index (χ3v) is 4.80. The molecule has 3 heteroatoms. The van der Waals surface area contributed by atoms with Crippen molar-refractivity contribution in [2.75, 3.05) is 33.2 Å². The molecule has 0 amide bonds. The zero-order valence-corrected chi connectivity index (χ0v) is 13.5. The van der Waals surface area contributed by atoms with E-state index in [9.17, 15) is 0 Å². The summed E-state index contributed by atoms with van der Waals surface area (Å²) in [4.78, 5) is 5.03. The van der Waals surface area contributed by atoms with Crippen LogP contribution >= 0.6 is 0 Å². The molecule has 1 atom stereocenters. The fourth-order valence-corrected chi connectivity index (χ4v) is 3.17. The Bertz CT molecular complexity index is 438. The lowest BCUT2D eigenvalue weighted by atomic mass is 10.1. The molecule has 1 aromatic rings. The molecule has 0 radical (unpaired) electrons. The summed E-state index contributed by atoms with van der Waals surface area (Å²) in [5, 5.41) is 3.58. The first-order valence-electron chi connectivity index (χ1n) is 8.44. The molecule has 3 nitrogen and oxygen atoms in total. The summed E-state index contributed by atoms with van der Waals surface area (Å²) in [7, 11) is 2.22. The van der Waals surface area contributed by atoms with Gasteiger partial charge in [0.15, 0.2) is 0 Å². The van der Waals surface area contributed by atoms with Crippen LogP contribution in [0, 0.1) is 0 Å². The molecule has 0 spiro atoms. The largest absolute Gasteiger partial charge is 0.314 e. The molecule has 1 unspecified atom stereocenters. The van der Waals surface area contributed by atoms with E-state index in [1.807, 2.05) is 0 Å². The third-order valence-electron chi connectivity index (χ3n) is 4.80. The first kappa shape index (κ1) is 15.0. The normalized spacial score (nSPS) is 24.4. The zero-order chi connectivity index (χ0) is 14.7. The molecule has 1 aromatic carbocycles. The molecule has 21 heavy (non-hydrogen) atoms. The van der Waals surface area contributed by atoms with Gasteiger partial charge in [0.05, 0.1) is 0 Å².